The van der Waals surface area contributed by atoms with Crippen LogP contribution in [0.1, 0.15) is 25.7 Å². The normalized spacial score (nSPS) is 10.8. The summed E-state index contributed by atoms with van der Waals surface area (Å²) in [6.07, 6.45) is 8.69. The van der Waals surface area contributed by atoms with Gasteiger partial charge in [0, 0.05) is 30.7 Å². The van der Waals surface area contributed by atoms with E-state index in [2.05, 4.69) is 20.6 Å². The number of unbranched alkanes of at least 4 members (excludes halogenated alkanes) is 3. The Hall–Kier alpha value is -3.67. The van der Waals surface area contributed by atoms with E-state index < -0.39 is 4.92 Å². The van der Waals surface area contributed by atoms with Crippen molar-refractivity contribution in [3.05, 3.63) is 58.9 Å². The second-order valence-electron chi connectivity index (χ2n) is 5.82. The van der Waals surface area contributed by atoms with Gasteiger partial charge in [0.1, 0.15) is 0 Å². The SMILES string of the molecule is N#CNC(=NCCCCCCOc1ccccc1[N+](=O)[O-])Nc1ccncc1. The highest BCUT2D eigenvalue weighted by atomic mass is 16.6. The molecule has 1 heterocycles. The Morgan fingerprint density at radius 2 is 1.93 bits per heavy atom. The third kappa shape index (κ3) is 7.29. The Labute approximate surface area is 163 Å². The van der Waals surface area contributed by atoms with Crippen molar-refractivity contribution in [3.63, 3.8) is 0 Å². The number of aliphatic imine (C=N–C) groups is 1. The number of hydrogen-bond acceptors (Lipinski definition) is 6. The minimum Gasteiger partial charge on any atom is -0.487 e. The molecule has 0 bridgehead atoms. The van der Waals surface area contributed by atoms with E-state index in [-0.39, 0.29) is 5.69 Å². The fourth-order valence-electron chi connectivity index (χ4n) is 2.41. The molecule has 1 aromatic carbocycles. The van der Waals surface area contributed by atoms with E-state index in [1.54, 1.807) is 42.7 Å². The van der Waals surface area contributed by atoms with Crippen LogP contribution in [0.5, 0.6) is 5.75 Å². The summed E-state index contributed by atoms with van der Waals surface area (Å²) in [7, 11) is 0. The molecule has 1 aromatic heterocycles. The number of aromatic nitrogens is 1. The van der Waals surface area contributed by atoms with Crippen LogP contribution < -0.4 is 15.4 Å². The van der Waals surface area contributed by atoms with Crippen molar-refractivity contribution in [3.8, 4) is 11.9 Å². The lowest BCUT2D eigenvalue weighted by Gasteiger charge is -2.08. The van der Waals surface area contributed by atoms with Gasteiger partial charge in [0.05, 0.1) is 11.5 Å². The molecule has 0 radical (unpaired) electrons. The molecule has 28 heavy (non-hydrogen) atoms. The van der Waals surface area contributed by atoms with Crippen molar-refractivity contribution in [1.29, 1.82) is 5.26 Å². The summed E-state index contributed by atoms with van der Waals surface area (Å²) >= 11 is 0. The Kier molecular flexibility index (Phi) is 8.74. The van der Waals surface area contributed by atoms with E-state index in [1.807, 2.05) is 6.19 Å². The minimum absolute atomic E-state index is 0.0175. The van der Waals surface area contributed by atoms with Gasteiger partial charge < -0.3 is 10.1 Å². The standard InChI is InChI=1S/C19H22N6O3/c20-15-23-19(24-16-9-12-21-13-10-16)22-11-5-1-2-6-14-28-18-8-4-3-7-17(18)25(26)27/h3-4,7-10,12-13H,1-2,5-6,11,14H2,(H2,21,22,23,24). The monoisotopic (exact) mass is 382 g/mol. The predicted octanol–water partition coefficient (Wildman–Crippen LogP) is 3.47. The van der Waals surface area contributed by atoms with Gasteiger partial charge in [-0.1, -0.05) is 18.6 Å². The summed E-state index contributed by atoms with van der Waals surface area (Å²) < 4.78 is 5.51. The first-order valence-corrected chi connectivity index (χ1v) is 8.93. The Morgan fingerprint density at radius 3 is 2.68 bits per heavy atom. The molecule has 0 aliphatic rings. The maximum absolute atomic E-state index is 10.9. The number of nitro benzene ring substituents is 1. The van der Waals surface area contributed by atoms with Crippen LogP contribution in [0.4, 0.5) is 11.4 Å². The molecule has 0 fully saturated rings. The zero-order valence-electron chi connectivity index (χ0n) is 15.4. The predicted molar refractivity (Wildman–Crippen MR) is 106 cm³/mol. The summed E-state index contributed by atoms with van der Waals surface area (Å²) in [6, 6.07) is 9.93. The van der Waals surface area contributed by atoms with Crippen LogP contribution in [0.25, 0.3) is 0 Å². The zero-order valence-corrected chi connectivity index (χ0v) is 15.4. The average molecular weight is 382 g/mol. The molecule has 0 spiro atoms. The van der Waals surface area contributed by atoms with Crippen LogP contribution in [-0.4, -0.2) is 29.0 Å². The van der Waals surface area contributed by atoms with E-state index >= 15 is 0 Å². The van der Waals surface area contributed by atoms with Gasteiger partial charge in [-0.15, -0.1) is 0 Å². The van der Waals surface area contributed by atoms with E-state index in [4.69, 9.17) is 10.00 Å². The van der Waals surface area contributed by atoms with Crippen molar-refractivity contribution in [1.82, 2.24) is 10.3 Å². The number of hydrogen-bond donors (Lipinski definition) is 2. The molecule has 0 saturated heterocycles. The zero-order chi connectivity index (χ0) is 20.0. The molecular formula is C19H22N6O3. The Morgan fingerprint density at radius 1 is 1.18 bits per heavy atom. The molecular weight excluding hydrogens is 360 g/mol. The molecule has 0 aliphatic carbocycles. The maximum atomic E-state index is 10.9. The number of nitro groups is 1. The lowest BCUT2D eigenvalue weighted by atomic mass is 10.2. The molecule has 146 valence electrons. The largest absolute Gasteiger partial charge is 0.487 e. The number of ether oxygens (including phenoxy) is 1. The number of para-hydroxylation sites is 2. The average Bonchev–Trinajstić information content (AvgIpc) is 2.71. The van der Waals surface area contributed by atoms with Gasteiger partial charge in [-0.2, -0.15) is 5.26 Å². The van der Waals surface area contributed by atoms with Gasteiger partial charge in [-0.25, -0.2) is 0 Å². The highest BCUT2D eigenvalue weighted by Gasteiger charge is 2.12. The lowest BCUT2D eigenvalue weighted by Crippen LogP contribution is -2.27. The first-order chi connectivity index (χ1) is 13.7. The third-order valence-electron chi connectivity index (χ3n) is 3.76. The molecule has 9 nitrogen and oxygen atoms in total. The molecule has 2 rings (SSSR count). The molecule has 0 saturated carbocycles. The van der Waals surface area contributed by atoms with Crippen LogP contribution in [0.3, 0.4) is 0 Å². The number of nitrogens with zero attached hydrogens (tertiary/aromatic N) is 4. The first kappa shape index (κ1) is 20.6. The second-order valence-corrected chi connectivity index (χ2v) is 5.82. The number of nitriles is 1. The summed E-state index contributed by atoms with van der Waals surface area (Å²) in [4.78, 5) is 18.8. The number of guanidine groups is 1. The fraction of sp³-hybridized carbons (Fsp3) is 0.316. The van der Waals surface area contributed by atoms with Crippen LogP contribution in [0, 0.1) is 21.6 Å². The number of rotatable bonds is 10. The first-order valence-electron chi connectivity index (χ1n) is 8.93. The van der Waals surface area contributed by atoms with Gasteiger partial charge in [0.2, 0.25) is 5.96 Å². The van der Waals surface area contributed by atoms with Gasteiger partial charge >= 0.3 is 5.69 Å². The molecule has 0 aliphatic heterocycles. The summed E-state index contributed by atoms with van der Waals surface area (Å²) in [5.41, 5.74) is 0.778. The van der Waals surface area contributed by atoms with Crippen molar-refractivity contribution < 1.29 is 9.66 Å². The summed E-state index contributed by atoms with van der Waals surface area (Å²) in [6.45, 7) is 1.01. The molecule has 9 heteroatoms. The number of benzene rings is 1. The smallest absolute Gasteiger partial charge is 0.310 e. The van der Waals surface area contributed by atoms with Crippen LogP contribution in [0.2, 0.25) is 0 Å². The quantitative estimate of drug-likeness (QED) is 0.123. The molecule has 2 N–H and O–H groups in total. The second kappa shape index (κ2) is 11.9. The Bertz CT molecular complexity index is 820. The van der Waals surface area contributed by atoms with Crippen LogP contribution >= 0.6 is 0 Å². The van der Waals surface area contributed by atoms with Gasteiger partial charge in [-0.05, 0) is 37.5 Å². The fourth-order valence-corrected chi connectivity index (χ4v) is 2.41. The molecule has 0 amide bonds. The van der Waals surface area contributed by atoms with Gasteiger partial charge in [0.25, 0.3) is 0 Å². The van der Waals surface area contributed by atoms with Crippen molar-refractivity contribution in [2.45, 2.75) is 25.7 Å². The summed E-state index contributed by atoms with van der Waals surface area (Å²) in [5.74, 6) is 0.694. The van der Waals surface area contributed by atoms with Crippen molar-refractivity contribution in [2.75, 3.05) is 18.5 Å². The van der Waals surface area contributed by atoms with E-state index in [0.29, 0.717) is 24.9 Å². The highest BCUT2D eigenvalue weighted by Crippen LogP contribution is 2.25. The molecule has 0 unspecified atom stereocenters. The number of nitrogens with one attached hydrogen (secondary N) is 2. The molecule has 2 aromatic rings. The van der Waals surface area contributed by atoms with Crippen LogP contribution in [0.15, 0.2) is 53.8 Å². The van der Waals surface area contributed by atoms with Crippen LogP contribution in [-0.2, 0) is 0 Å². The Balaban J connectivity index is 1.65. The number of anilines is 1. The maximum Gasteiger partial charge on any atom is 0.310 e. The van der Waals surface area contributed by atoms with Crippen molar-refractivity contribution >= 4 is 17.3 Å². The minimum atomic E-state index is -0.444. The topological polar surface area (TPSA) is 125 Å². The van der Waals surface area contributed by atoms with Crippen molar-refractivity contribution in [2.24, 2.45) is 4.99 Å². The van der Waals surface area contributed by atoms with Gasteiger partial charge in [0.15, 0.2) is 11.9 Å². The van der Waals surface area contributed by atoms with E-state index in [0.717, 1.165) is 31.4 Å². The van der Waals surface area contributed by atoms with Gasteiger partial charge in [-0.3, -0.25) is 25.4 Å². The van der Waals surface area contributed by atoms with E-state index in [1.165, 1.54) is 6.07 Å². The molecule has 0 atom stereocenters. The summed E-state index contributed by atoms with van der Waals surface area (Å²) in [5, 5.41) is 25.3. The van der Waals surface area contributed by atoms with E-state index in [9.17, 15) is 10.1 Å². The number of pyridine rings is 1. The highest BCUT2D eigenvalue weighted by molar-refractivity contribution is 5.94. The lowest BCUT2D eigenvalue weighted by molar-refractivity contribution is -0.385. The third-order valence-corrected chi connectivity index (χ3v) is 3.76.